The van der Waals surface area contributed by atoms with Crippen LogP contribution in [0.4, 0.5) is 10.5 Å². The maximum absolute atomic E-state index is 11.7. The number of hydrogen-bond acceptors (Lipinski definition) is 2. The zero-order valence-corrected chi connectivity index (χ0v) is 12.9. The van der Waals surface area contributed by atoms with E-state index in [2.05, 4.69) is 38.5 Å². The number of halogens is 1. The molecule has 1 rings (SSSR count). The molecule has 0 aliphatic heterocycles. The first kappa shape index (κ1) is 16.2. The van der Waals surface area contributed by atoms with E-state index in [-0.39, 0.29) is 11.9 Å². The van der Waals surface area contributed by atoms with Crippen molar-refractivity contribution >= 4 is 33.6 Å². The third-order valence-corrected chi connectivity index (χ3v) is 2.66. The van der Waals surface area contributed by atoms with Crippen LogP contribution in [0.15, 0.2) is 35.3 Å². The van der Waals surface area contributed by atoms with Gasteiger partial charge in [0.1, 0.15) is 0 Å². The SMILES string of the molecule is C=C(Br)CNC(=O)Nc1ccc(C(=O)NCCC)cc1. The van der Waals surface area contributed by atoms with Gasteiger partial charge in [-0.3, -0.25) is 4.79 Å². The number of rotatable bonds is 6. The third-order valence-electron chi connectivity index (χ3n) is 2.38. The Morgan fingerprint density at radius 1 is 1.20 bits per heavy atom. The fraction of sp³-hybridized carbons (Fsp3) is 0.286. The number of nitrogens with one attached hydrogen (secondary N) is 3. The normalized spacial score (nSPS) is 9.70. The summed E-state index contributed by atoms with van der Waals surface area (Å²) >= 11 is 3.15. The number of urea groups is 1. The van der Waals surface area contributed by atoms with E-state index in [1.165, 1.54) is 0 Å². The van der Waals surface area contributed by atoms with Crippen molar-refractivity contribution in [1.29, 1.82) is 0 Å². The molecule has 0 atom stereocenters. The van der Waals surface area contributed by atoms with Crippen molar-refractivity contribution in [1.82, 2.24) is 10.6 Å². The Balaban J connectivity index is 2.51. The molecule has 3 N–H and O–H groups in total. The van der Waals surface area contributed by atoms with E-state index in [0.29, 0.717) is 28.8 Å². The van der Waals surface area contributed by atoms with E-state index in [9.17, 15) is 9.59 Å². The molecule has 1 aromatic rings. The summed E-state index contributed by atoms with van der Waals surface area (Å²) in [6.45, 7) is 6.61. The number of amides is 3. The zero-order chi connectivity index (χ0) is 15.0. The minimum Gasteiger partial charge on any atom is -0.352 e. The van der Waals surface area contributed by atoms with Crippen LogP contribution in [-0.4, -0.2) is 25.0 Å². The third kappa shape index (κ3) is 5.88. The first-order chi connectivity index (χ1) is 9.52. The van der Waals surface area contributed by atoms with Crippen LogP contribution in [0.5, 0.6) is 0 Å². The molecular weight excluding hydrogens is 322 g/mol. The van der Waals surface area contributed by atoms with E-state index in [1.54, 1.807) is 24.3 Å². The van der Waals surface area contributed by atoms with Gasteiger partial charge in [0.2, 0.25) is 0 Å². The largest absolute Gasteiger partial charge is 0.352 e. The molecule has 20 heavy (non-hydrogen) atoms. The van der Waals surface area contributed by atoms with Gasteiger partial charge in [-0.05, 0) is 30.7 Å². The minimum atomic E-state index is -0.325. The Kier molecular flexibility index (Phi) is 6.79. The molecule has 5 nitrogen and oxygen atoms in total. The van der Waals surface area contributed by atoms with Crippen molar-refractivity contribution in [3.63, 3.8) is 0 Å². The Bertz CT molecular complexity index is 486. The summed E-state index contributed by atoms with van der Waals surface area (Å²) in [7, 11) is 0. The van der Waals surface area contributed by atoms with Crippen LogP contribution >= 0.6 is 15.9 Å². The molecule has 1 aromatic carbocycles. The van der Waals surface area contributed by atoms with Crippen LogP contribution in [-0.2, 0) is 0 Å². The van der Waals surface area contributed by atoms with Gasteiger partial charge in [-0.1, -0.05) is 29.4 Å². The lowest BCUT2D eigenvalue weighted by Gasteiger charge is -2.08. The average Bonchev–Trinajstić information content (AvgIpc) is 2.43. The molecule has 0 saturated carbocycles. The highest BCUT2D eigenvalue weighted by Gasteiger charge is 2.05. The van der Waals surface area contributed by atoms with Crippen LogP contribution in [0, 0.1) is 0 Å². The number of anilines is 1. The van der Waals surface area contributed by atoms with E-state index in [0.717, 1.165) is 6.42 Å². The predicted octanol–water partition coefficient (Wildman–Crippen LogP) is 2.86. The highest BCUT2D eigenvalue weighted by Crippen LogP contribution is 2.09. The van der Waals surface area contributed by atoms with Gasteiger partial charge in [0.05, 0.1) is 6.54 Å². The van der Waals surface area contributed by atoms with E-state index in [1.807, 2.05) is 6.92 Å². The van der Waals surface area contributed by atoms with Gasteiger partial charge in [0.15, 0.2) is 0 Å². The van der Waals surface area contributed by atoms with E-state index >= 15 is 0 Å². The summed E-state index contributed by atoms with van der Waals surface area (Å²) in [5.41, 5.74) is 1.19. The van der Waals surface area contributed by atoms with Gasteiger partial charge in [0, 0.05) is 22.3 Å². The zero-order valence-electron chi connectivity index (χ0n) is 11.3. The van der Waals surface area contributed by atoms with Crippen LogP contribution in [0.25, 0.3) is 0 Å². The monoisotopic (exact) mass is 339 g/mol. The molecule has 0 saturated heterocycles. The van der Waals surface area contributed by atoms with Crippen LogP contribution in [0.2, 0.25) is 0 Å². The topological polar surface area (TPSA) is 70.2 Å². The first-order valence-electron chi connectivity index (χ1n) is 6.29. The summed E-state index contributed by atoms with van der Waals surface area (Å²) in [5, 5.41) is 8.07. The molecule has 3 amide bonds. The summed E-state index contributed by atoms with van der Waals surface area (Å²) in [6.07, 6.45) is 0.893. The second kappa shape index (κ2) is 8.37. The minimum absolute atomic E-state index is 0.113. The van der Waals surface area contributed by atoms with Crippen molar-refractivity contribution in [2.24, 2.45) is 0 Å². The molecule has 0 aliphatic rings. The molecule has 0 aromatic heterocycles. The second-order valence-electron chi connectivity index (χ2n) is 4.16. The van der Waals surface area contributed by atoms with Crippen molar-refractivity contribution in [3.8, 4) is 0 Å². The van der Waals surface area contributed by atoms with Gasteiger partial charge in [-0.2, -0.15) is 0 Å². The number of benzene rings is 1. The Labute approximate surface area is 127 Å². The summed E-state index contributed by atoms with van der Waals surface area (Å²) < 4.78 is 0.690. The van der Waals surface area contributed by atoms with Crippen molar-refractivity contribution < 1.29 is 9.59 Å². The lowest BCUT2D eigenvalue weighted by Crippen LogP contribution is -2.29. The lowest BCUT2D eigenvalue weighted by molar-refractivity contribution is 0.0953. The molecule has 0 aliphatic carbocycles. The van der Waals surface area contributed by atoms with Gasteiger partial charge in [0.25, 0.3) is 5.91 Å². The van der Waals surface area contributed by atoms with Gasteiger partial charge < -0.3 is 16.0 Å². The summed E-state index contributed by atoms with van der Waals surface area (Å²) in [5.74, 6) is -0.113. The average molecular weight is 340 g/mol. The Hall–Kier alpha value is -1.82. The van der Waals surface area contributed by atoms with Crippen LogP contribution in [0.1, 0.15) is 23.7 Å². The van der Waals surface area contributed by atoms with E-state index < -0.39 is 0 Å². The van der Waals surface area contributed by atoms with Crippen molar-refractivity contribution in [3.05, 3.63) is 40.9 Å². The Morgan fingerprint density at radius 2 is 1.85 bits per heavy atom. The molecule has 108 valence electrons. The molecule has 0 heterocycles. The standard InChI is InChI=1S/C14H18BrN3O2/c1-3-8-16-13(19)11-4-6-12(7-5-11)18-14(20)17-9-10(2)15/h4-7H,2-3,8-9H2,1H3,(H,16,19)(H2,17,18,20). The Morgan fingerprint density at radius 3 is 2.40 bits per heavy atom. The van der Waals surface area contributed by atoms with Gasteiger partial charge >= 0.3 is 6.03 Å². The molecule has 0 bridgehead atoms. The molecule has 6 heteroatoms. The van der Waals surface area contributed by atoms with Gasteiger partial charge in [-0.15, -0.1) is 0 Å². The maximum Gasteiger partial charge on any atom is 0.319 e. The maximum atomic E-state index is 11.7. The summed E-state index contributed by atoms with van der Waals surface area (Å²) in [6, 6.07) is 6.38. The fourth-order valence-electron chi connectivity index (χ4n) is 1.40. The van der Waals surface area contributed by atoms with E-state index in [4.69, 9.17) is 0 Å². The molecule has 0 fully saturated rings. The molecule has 0 radical (unpaired) electrons. The number of hydrogen-bond donors (Lipinski definition) is 3. The molecule has 0 spiro atoms. The predicted molar refractivity (Wildman–Crippen MR) is 84.2 cm³/mol. The first-order valence-corrected chi connectivity index (χ1v) is 7.08. The van der Waals surface area contributed by atoms with Gasteiger partial charge in [-0.25, -0.2) is 4.79 Å². The quantitative estimate of drug-likeness (QED) is 0.745. The van der Waals surface area contributed by atoms with Crippen molar-refractivity contribution in [2.45, 2.75) is 13.3 Å². The highest BCUT2D eigenvalue weighted by molar-refractivity contribution is 9.11. The fourth-order valence-corrected chi connectivity index (χ4v) is 1.54. The molecule has 0 unspecified atom stereocenters. The smallest absolute Gasteiger partial charge is 0.319 e. The number of carbonyl (C=O) groups is 2. The summed E-state index contributed by atoms with van der Waals surface area (Å²) in [4.78, 5) is 23.2. The number of carbonyl (C=O) groups excluding carboxylic acids is 2. The van der Waals surface area contributed by atoms with Crippen molar-refractivity contribution in [2.75, 3.05) is 18.4 Å². The van der Waals surface area contributed by atoms with Crippen LogP contribution in [0.3, 0.4) is 0 Å². The highest BCUT2D eigenvalue weighted by atomic mass is 79.9. The lowest BCUT2D eigenvalue weighted by atomic mass is 10.2. The van der Waals surface area contributed by atoms with Crippen LogP contribution < -0.4 is 16.0 Å². The second-order valence-corrected chi connectivity index (χ2v) is 5.28. The molecular formula is C14H18BrN3O2.